The van der Waals surface area contributed by atoms with Crippen molar-refractivity contribution in [3.05, 3.63) is 59.7 Å². The molecule has 2 aromatic carbocycles. The minimum atomic E-state index is -1.07. The Morgan fingerprint density at radius 2 is 1.88 bits per heavy atom. The van der Waals surface area contributed by atoms with Gasteiger partial charge in [-0.25, -0.2) is 8.78 Å². The number of carbonyl (C=O) groups is 1. The zero-order valence-corrected chi connectivity index (χ0v) is 12.8. The van der Waals surface area contributed by atoms with E-state index in [0.29, 0.717) is 11.4 Å². The van der Waals surface area contributed by atoms with E-state index in [9.17, 15) is 18.7 Å². The number of aliphatic hydroxyl groups is 1. The summed E-state index contributed by atoms with van der Waals surface area (Å²) < 4.78 is 31.5. The first-order valence-corrected chi connectivity index (χ1v) is 7.69. The molecule has 0 bridgehead atoms. The van der Waals surface area contributed by atoms with Crippen LogP contribution in [0.3, 0.4) is 0 Å². The first kappa shape index (κ1) is 16.4. The van der Waals surface area contributed by atoms with E-state index >= 15 is 0 Å². The van der Waals surface area contributed by atoms with Gasteiger partial charge in [-0.15, -0.1) is 0 Å². The second-order valence-electron chi connectivity index (χ2n) is 5.79. The molecule has 1 amide bonds. The van der Waals surface area contributed by atoms with Gasteiger partial charge >= 0.3 is 0 Å². The highest BCUT2D eigenvalue weighted by Gasteiger charge is 2.29. The smallest absolute Gasteiger partial charge is 0.227 e. The van der Waals surface area contributed by atoms with Gasteiger partial charge in [0.25, 0.3) is 0 Å². The van der Waals surface area contributed by atoms with Crippen molar-refractivity contribution in [2.75, 3.05) is 11.9 Å². The van der Waals surface area contributed by atoms with Crippen LogP contribution in [0.1, 0.15) is 24.5 Å². The molecule has 2 N–H and O–H groups in total. The Kier molecular flexibility index (Phi) is 4.76. The predicted molar refractivity (Wildman–Crippen MR) is 84.6 cm³/mol. The molecule has 3 rings (SSSR count). The number of benzene rings is 2. The van der Waals surface area contributed by atoms with Gasteiger partial charge in [0.15, 0.2) is 11.6 Å². The summed E-state index contributed by atoms with van der Waals surface area (Å²) in [7, 11) is 0. The first-order valence-electron chi connectivity index (χ1n) is 7.69. The van der Waals surface area contributed by atoms with Gasteiger partial charge in [0.05, 0.1) is 0 Å². The van der Waals surface area contributed by atoms with E-state index < -0.39 is 17.7 Å². The van der Waals surface area contributed by atoms with Gasteiger partial charge in [0, 0.05) is 11.6 Å². The number of aliphatic hydroxyl groups excluding tert-OH is 1. The summed E-state index contributed by atoms with van der Waals surface area (Å²) in [6.07, 6.45) is 0.804. The number of amides is 1. The van der Waals surface area contributed by atoms with Crippen LogP contribution in [-0.2, 0) is 4.79 Å². The molecule has 0 aromatic heterocycles. The van der Waals surface area contributed by atoms with E-state index in [1.165, 1.54) is 6.07 Å². The lowest BCUT2D eigenvalue weighted by molar-refractivity contribution is -0.117. The number of hydrogen-bond acceptors (Lipinski definition) is 3. The Balaban J connectivity index is 1.53. The van der Waals surface area contributed by atoms with E-state index in [-0.39, 0.29) is 24.0 Å². The highest BCUT2D eigenvalue weighted by atomic mass is 19.2. The Bertz CT molecular complexity index is 730. The van der Waals surface area contributed by atoms with E-state index in [4.69, 9.17) is 4.74 Å². The lowest BCUT2D eigenvalue weighted by Gasteiger charge is -2.13. The SMILES string of the molecule is O=C(Nc1ccc(OCC(O)c2ccc(F)c(F)c2)cc1)C1CC1. The molecule has 1 aliphatic carbocycles. The summed E-state index contributed by atoms with van der Waals surface area (Å²) in [4.78, 5) is 11.7. The molecular formula is C18H17F2NO3. The molecule has 6 heteroatoms. The maximum absolute atomic E-state index is 13.2. The van der Waals surface area contributed by atoms with Gasteiger partial charge in [-0.1, -0.05) is 6.07 Å². The fourth-order valence-corrected chi connectivity index (χ4v) is 2.22. The number of rotatable bonds is 6. The molecule has 1 aliphatic rings. The van der Waals surface area contributed by atoms with Crippen LogP contribution in [-0.4, -0.2) is 17.6 Å². The van der Waals surface area contributed by atoms with Crippen molar-refractivity contribution >= 4 is 11.6 Å². The number of nitrogens with one attached hydrogen (secondary N) is 1. The molecule has 0 heterocycles. The van der Waals surface area contributed by atoms with Crippen molar-refractivity contribution in [2.45, 2.75) is 18.9 Å². The number of halogens is 2. The average molecular weight is 333 g/mol. The zero-order valence-electron chi connectivity index (χ0n) is 12.8. The highest BCUT2D eigenvalue weighted by molar-refractivity contribution is 5.94. The van der Waals surface area contributed by atoms with E-state index in [1.807, 2.05) is 0 Å². The van der Waals surface area contributed by atoms with Gasteiger partial charge in [-0.3, -0.25) is 4.79 Å². The molecule has 126 valence electrons. The second-order valence-corrected chi connectivity index (χ2v) is 5.79. The van der Waals surface area contributed by atoms with Crippen LogP contribution in [0.2, 0.25) is 0 Å². The highest BCUT2D eigenvalue weighted by Crippen LogP contribution is 2.30. The molecule has 1 fully saturated rings. The molecule has 1 atom stereocenters. The summed E-state index contributed by atoms with van der Waals surface area (Å²) in [6.45, 7) is -0.0984. The van der Waals surface area contributed by atoms with Crippen LogP contribution in [0, 0.1) is 17.6 Å². The van der Waals surface area contributed by atoms with Gasteiger partial charge in [0.2, 0.25) is 5.91 Å². The van der Waals surface area contributed by atoms with E-state index in [0.717, 1.165) is 25.0 Å². The quantitative estimate of drug-likeness (QED) is 0.851. The molecule has 4 nitrogen and oxygen atoms in total. The first-order chi connectivity index (χ1) is 11.5. The van der Waals surface area contributed by atoms with Gasteiger partial charge in [-0.2, -0.15) is 0 Å². The minimum absolute atomic E-state index is 0.0254. The van der Waals surface area contributed by atoms with Crippen molar-refractivity contribution in [3.63, 3.8) is 0 Å². The van der Waals surface area contributed by atoms with Gasteiger partial charge < -0.3 is 15.2 Å². The van der Waals surface area contributed by atoms with Crippen LogP contribution < -0.4 is 10.1 Å². The number of anilines is 1. The molecule has 0 saturated heterocycles. The molecule has 2 aromatic rings. The second kappa shape index (κ2) is 6.97. The van der Waals surface area contributed by atoms with Crippen LogP contribution in [0.5, 0.6) is 5.75 Å². The van der Waals surface area contributed by atoms with Crippen molar-refractivity contribution in [1.82, 2.24) is 0 Å². The van der Waals surface area contributed by atoms with Crippen LogP contribution in [0.25, 0.3) is 0 Å². The number of hydrogen-bond donors (Lipinski definition) is 2. The molecule has 1 unspecified atom stereocenters. The van der Waals surface area contributed by atoms with Crippen molar-refractivity contribution in [3.8, 4) is 5.75 Å². The minimum Gasteiger partial charge on any atom is -0.491 e. The summed E-state index contributed by atoms with van der Waals surface area (Å²) >= 11 is 0. The summed E-state index contributed by atoms with van der Waals surface area (Å²) in [5.41, 5.74) is 0.919. The van der Waals surface area contributed by atoms with Crippen molar-refractivity contribution < 1.29 is 23.4 Å². The number of ether oxygens (including phenoxy) is 1. The molecule has 24 heavy (non-hydrogen) atoms. The van der Waals surface area contributed by atoms with Gasteiger partial charge in [0.1, 0.15) is 18.5 Å². The third kappa shape index (κ3) is 4.08. The normalized spacial score (nSPS) is 15.0. The monoisotopic (exact) mass is 333 g/mol. The average Bonchev–Trinajstić information content (AvgIpc) is 3.41. The fraction of sp³-hybridized carbons (Fsp3) is 0.278. The third-order valence-corrected chi connectivity index (χ3v) is 3.81. The third-order valence-electron chi connectivity index (χ3n) is 3.81. The van der Waals surface area contributed by atoms with Crippen LogP contribution in [0.4, 0.5) is 14.5 Å². The fourth-order valence-electron chi connectivity index (χ4n) is 2.22. The molecule has 1 saturated carbocycles. The maximum atomic E-state index is 13.2. The maximum Gasteiger partial charge on any atom is 0.227 e. The molecular weight excluding hydrogens is 316 g/mol. The summed E-state index contributed by atoms with van der Waals surface area (Å²) in [5, 5.41) is 12.8. The van der Waals surface area contributed by atoms with Crippen molar-refractivity contribution in [2.24, 2.45) is 5.92 Å². The van der Waals surface area contributed by atoms with Crippen LogP contribution >= 0.6 is 0 Å². The lowest BCUT2D eigenvalue weighted by Crippen LogP contribution is -2.13. The topological polar surface area (TPSA) is 58.6 Å². The van der Waals surface area contributed by atoms with E-state index in [1.54, 1.807) is 24.3 Å². The van der Waals surface area contributed by atoms with Crippen molar-refractivity contribution in [1.29, 1.82) is 0 Å². The van der Waals surface area contributed by atoms with Gasteiger partial charge in [-0.05, 0) is 54.8 Å². The van der Waals surface area contributed by atoms with E-state index in [2.05, 4.69) is 5.32 Å². The lowest BCUT2D eigenvalue weighted by atomic mass is 10.1. The number of carbonyl (C=O) groups excluding carboxylic acids is 1. The molecule has 0 radical (unpaired) electrons. The largest absolute Gasteiger partial charge is 0.491 e. The molecule has 0 aliphatic heterocycles. The predicted octanol–water partition coefficient (Wildman–Crippen LogP) is 3.43. The summed E-state index contributed by atoms with van der Waals surface area (Å²) in [6, 6.07) is 9.97. The molecule has 0 spiro atoms. The Morgan fingerprint density at radius 1 is 1.17 bits per heavy atom. The zero-order chi connectivity index (χ0) is 17.1. The Morgan fingerprint density at radius 3 is 2.50 bits per heavy atom. The summed E-state index contributed by atoms with van der Waals surface area (Å²) in [5.74, 6) is -1.32. The Labute approximate surface area is 138 Å². The van der Waals surface area contributed by atoms with Crippen LogP contribution in [0.15, 0.2) is 42.5 Å². The Hall–Kier alpha value is -2.47. The standard InChI is InChI=1S/C18H17F2NO3/c19-15-8-3-12(9-16(15)20)17(22)10-24-14-6-4-13(5-7-14)21-18(23)11-1-2-11/h3-9,11,17,22H,1-2,10H2,(H,21,23).